The van der Waals surface area contributed by atoms with Crippen molar-refractivity contribution in [2.24, 2.45) is 16.9 Å². The number of piperazine rings is 1. The summed E-state index contributed by atoms with van der Waals surface area (Å²) in [6, 6.07) is 15.1. The molecule has 1 unspecified atom stereocenters. The first-order valence-electron chi connectivity index (χ1n) is 13.8. The molecule has 1 aliphatic heterocycles. The molecule has 0 aromatic heterocycles. The zero-order chi connectivity index (χ0) is 27.0. The molecule has 5 N–H and O–H groups in total. The molecule has 1 amide bonds. The molecule has 0 bridgehead atoms. The normalized spacial score (nSPS) is 25.0. The number of carbonyl (C=O) groups excluding carboxylic acids is 1. The molecule has 0 radical (unpaired) electrons. The largest absolute Gasteiger partial charge is 0.339 e. The van der Waals surface area contributed by atoms with Gasteiger partial charge in [0.15, 0.2) is 0 Å². The van der Waals surface area contributed by atoms with Crippen LogP contribution in [0.4, 0.5) is 0 Å². The fourth-order valence-electron chi connectivity index (χ4n) is 6.37. The summed E-state index contributed by atoms with van der Waals surface area (Å²) in [6.45, 7) is 2.50. The lowest BCUT2D eigenvalue weighted by Crippen LogP contribution is -2.62. The molecule has 2 aliphatic carbocycles. The van der Waals surface area contributed by atoms with E-state index in [-0.39, 0.29) is 11.3 Å². The van der Waals surface area contributed by atoms with Gasteiger partial charge < -0.3 is 21.7 Å². The average Bonchev–Trinajstić information content (AvgIpc) is 2.88. The Labute approximate surface area is 226 Å². The molecule has 38 heavy (non-hydrogen) atoms. The monoisotopic (exact) mass is 539 g/mol. The molecule has 2 aromatic carbocycles. The second-order valence-electron chi connectivity index (χ2n) is 11.8. The van der Waals surface area contributed by atoms with Gasteiger partial charge in [-0.05, 0) is 73.4 Å². The first kappa shape index (κ1) is 27.3. The van der Waals surface area contributed by atoms with Crippen LogP contribution in [-0.4, -0.2) is 68.5 Å². The molecule has 3 fully saturated rings. The Kier molecular flexibility index (Phi) is 7.68. The second kappa shape index (κ2) is 10.7. The van der Waals surface area contributed by atoms with E-state index in [1.807, 2.05) is 43.4 Å². The van der Waals surface area contributed by atoms with Gasteiger partial charge in [0, 0.05) is 32.6 Å². The van der Waals surface area contributed by atoms with Gasteiger partial charge in [0.1, 0.15) is 0 Å². The molecule has 1 spiro atoms. The van der Waals surface area contributed by atoms with Crippen molar-refractivity contribution in [3.05, 3.63) is 54.1 Å². The highest BCUT2D eigenvalue weighted by Crippen LogP contribution is 2.53. The van der Waals surface area contributed by atoms with Crippen LogP contribution in [0, 0.1) is 5.41 Å². The van der Waals surface area contributed by atoms with E-state index in [1.54, 1.807) is 16.4 Å². The summed E-state index contributed by atoms with van der Waals surface area (Å²) < 4.78 is 27.5. The summed E-state index contributed by atoms with van der Waals surface area (Å²) in [4.78, 5) is 15.5. The molecule has 2 saturated carbocycles. The van der Waals surface area contributed by atoms with E-state index in [2.05, 4.69) is 10.2 Å². The highest BCUT2D eigenvalue weighted by atomic mass is 32.2. The van der Waals surface area contributed by atoms with Crippen molar-refractivity contribution in [1.29, 1.82) is 0 Å². The van der Waals surface area contributed by atoms with Crippen molar-refractivity contribution in [2.45, 2.75) is 68.0 Å². The predicted molar refractivity (Wildman–Crippen MR) is 150 cm³/mol. The molecule has 3 aliphatic rings. The molecule has 5 rings (SSSR count). The van der Waals surface area contributed by atoms with E-state index in [0.29, 0.717) is 24.4 Å². The van der Waals surface area contributed by atoms with E-state index < -0.39 is 21.7 Å². The molecular formula is C29H41N5O3S. The zero-order valence-electron chi connectivity index (χ0n) is 22.4. The van der Waals surface area contributed by atoms with Gasteiger partial charge in [-0.1, -0.05) is 49.2 Å². The number of amides is 1. The zero-order valence-corrected chi connectivity index (χ0v) is 23.2. The lowest BCUT2D eigenvalue weighted by atomic mass is 9.56. The SMILES string of the molecule is CN1CCN(S(=O)(=O)c2ccc(-c3ccc(CC(N)NC(=O)[C@@]4(N)CCCC5(CCC5)C4)cc3)cc2)CC1. The molecule has 8 nitrogen and oxygen atoms in total. The Bertz CT molecular complexity index is 1240. The first-order chi connectivity index (χ1) is 18.1. The van der Waals surface area contributed by atoms with Crippen LogP contribution in [0.1, 0.15) is 50.5 Å². The van der Waals surface area contributed by atoms with Gasteiger partial charge in [-0.15, -0.1) is 0 Å². The highest BCUT2D eigenvalue weighted by molar-refractivity contribution is 7.89. The van der Waals surface area contributed by atoms with Crippen LogP contribution in [0.25, 0.3) is 11.1 Å². The third-order valence-corrected chi connectivity index (χ3v) is 10.8. The summed E-state index contributed by atoms with van der Waals surface area (Å²) in [7, 11) is -1.48. The van der Waals surface area contributed by atoms with Crippen LogP contribution in [0.5, 0.6) is 0 Å². The minimum absolute atomic E-state index is 0.126. The average molecular weight is 540 g/mol. The van der Waals surface area contributed by atoms with Gasteiger partial charge in [0.05, 0.1) is 16.6 Å². The van der Waals surface area contributed by atoms with Gasteiger partial charge in [0.2, 0.25) is 15.9 Å². The maximum absolute atomic E-state index is 13.0. The lowest BCUT2D eigenvalue weighted by Gasteiger charge is -2.51. The first-order valence-corrected chi connectivity index (χ1v) is 15.3. The van der Waals surface area contributed by atoms with Crippen molar-refractivity contribution in [1.82, 2.24) is 14.5 Å². The van der Waals surface area contributed by atoms with E-state index in [4.69, 9.17) is 11.5 Å². The van der Waals surface area contributed by atoms with Gasteiger partial charge >= 0.3 is 0 Å². The topological polar surface area (TPSA) is 122 Å². The molecule has 2 aromatic rings. The van der Waals surface area contributed by atoms with Crippen LogP contribution in [0.15, 0.2) is 53.4 Å². The molecule has 1 heterocycles. The van der Waals surface area contributed by atoms with Gasteiger partial charge in [-0.25, -0.2) is 8.42 Å². The Morgan fingerprint density at radius 2 is 1.47 bits per heavy atom. The number of benzene rings is 2. The number of nitrogens with two attached hydrogens (primary N) is 2. The van der Waals surface area contributed by atoms with Gasteiger partial charge in [-0.3, -0.25) is 4.79 Å². The predicted octanol–water partition coefficient (Wildman–Crippen LogP) is 2.68. The van der Waals surface area contributed by atoms with Crippen molar-refractivity contribution < 1.29 is 13.2 Å². The fourth-order valence-corrected chi connectivity index (χ4v) is 7.79. The van der Waals surface area contributed by atoms with Crippen LogP contribution in [-0.2, 0) is 21.2 Å². The number of sulfonamides is 1. The Hall–Kier alpha value is -2.30. The highest BCUT2D eigenvalue weighted by Gasteiger charge is 2.49. The molecular weight excluding hydrogens is 498 g/mol. The van der Waals surface area contributed by atoms with Crippen molar-refractivity contribution >= 4 is 15.9 Å². The summed E-state index contributed by atoms with van der Waals surface area (Å²) in [6.07, 6.45) is 7.30. The standard InChI is InChI=1S/C29H41N5O3S/c1-33-16-18-34(19-17-33)38(36,37)25-10-8-24(9-11-25)23-6-4-22(5-7-23)20-26(30)32-27(35)29(31)15-3-14-28(21-29)12-2-13-28/h4-11,26H,2-3,12-21,30-31H2,1H3,(H,32,35)/t26?,29-/m1/s1. The molecule has 1 saturated heterocycles. The third-order valence-electron chi connectivity index (χ3n) is 8.90. The summed E-state index contributed by atoms with van der Waals surface area (Å²) >= 11 is 0. The minimum Gasteiger partial charge on any atom is -0.339 e. The van der Waals surface area contributed by atoms with Crippen LogP contribution >= 0.6 is 0 Å². The maximum atomic E-state index is 13.0. The van der Waals surface area contributed by atoms with Crippen molar-refractivity contribution in [3.63, 3.8) is 0 Å². The Morgan fingerprint density at radius 1 is 0.921 bits per heavy atom. The van der Waals surface area contributed by atoms with E-state index in [9.17, 15) is 13.2 Å². The second-order valence-corrected chi connectivity index (χ2v) is 13.7. The molecule has 2 atom stereocenters. The minimum atomic E-state index is -3.48. The van der Waals surface area contributed by atoms with E-state index >= 15 is 0 Å². The Balaban J connectivity index is 1.17. The summed E-state index contributed by atoms with van der Waals surface area (Å²) in [5.41, 5.74) is 15.3. The number of hydrogen-bond donors (Lipinski definition) is 3. The van der Waals surface area contributed by atoms with Crippen LogP contribution in [0.2, 0.25) is 0 Å². The maximum Gasteiger partial charge on any atom is 0.243 e. The smallest absolute Gasteiger partial charge is 0.243 e. The number of nitrogens with zero attached hydrogens (tertiary/aromatic N) is 2. The third kappa shape index (κ3) is 5.67. The number of hydrogen-bond acceptors (Lipinski definition) is 6. The summed E-state index contributed by atoms with van der Waals surface area (Å²) in [5.74, 6) is -0.126. The van der Waals surface area contributed by atoms with Crippen LogP contribution in [0.3, 0.4) is 0 Å². The summed E-state index contributed by atoms with van der Waals surface area (Å²) in [5, 5.41) is 2.97. The quantitative estimate of drug-likeness (QED) is 0.465. The molecule has 9 heteroatoms. The van der Waals surface area contributed by atoms with Gasteiger partial charge in [-0.2, -0.15) is 4.31 Å². The Morgan fingerprint density at radius 3 is 2.05 bits per heavy atom. The van der Waals surface area contributed by atoms with Gasteiger partial charge in [0.25, 0.3) is 0 Å². The van der Waals surface area contributed by atoms with E-state index in [1.165, 1.54) is 25.7 Å². The fraction of sp³-hybridized carbons (Fsp3) is 0.552. The number of likely N-dealkylation sites (N-methyl/N-ethyl adjacent to an activating group) is 1. The van der Waals surface area contributed by atoms with E-state index in [0.717, 1.165) is 49.0 Å². The lowest BCUT2D eigenvalue weighted by molar-refractivity contribution is -0.131. The number of rotatable bonds is 7. The number of nitrogens with one attached hydrogen (secondary N) is 1. The van der Waals surface area contributed by atoms with Crippen molar-refractivity contribution in [2.75, 3.05) is 33.2 Å². The number of carbonyl (C=O) groups is 1. The van der Waals surface area contributed by atoms with Crippen molar-refractivity contribution in [3.8, 4) is 11.1 Å². The molecule has 206 valence electrons. The van der Waals surface area contributed by atoms with Crippen LogP contribution < -0.4 is 16.8 Å².